The first-order valence-electron chi connectivity index (χ1n) is 18.8. The number of amides is 3. The Labute approximate surface area is 311 Å². The van der Waals surface area contributed by atoms with Crippen molar-refractivity contribution in [2.45, 2.75) is 129 Å². The number of aliphatic hydroxyl groups excluding tert-OH is 1. The first-order valence-corrected chi connectivity index (χ1v) is 18.8. The van der Waals surface area contributed by atoms with Crippen LogP contribution in [0.25, 0.3) is 0 Å². The highest BCUT2D eigenvalue weighted by molar-refractivity contribution is 5.90. The van der Waals surface area contributed by atoms with Gasteiger partial charge in [-0.25, -0.2) is 4.79 Å². The fourth-order valence-corrected chi connectivity index (χ4v) is 7.58. The standard InChI is InChI=1S/C39H67N5O8/c1-12-25(6)34(43(9)38(48)33(24(4)5)42-37(47)32(40-8)23(2)3)30(51-10)22-31(45)44-20-16-19-29(44)35(52-11)26(7)36(46)41-28(39(49)50)21-27-17-14-13-15-18-27/h13-15,17-18,23-26,28-35,40,45H,12,16,19-22H2,1-11H3,(H,41,46)(H,42,47)(H,49,50)/t25-,26+,28-,29-,30+,31?,32-,33-,34-,35+/m0/s1. The minimum atomic E-state index is -1.12. The highest BCUT2D eigenvalue weighted by Crippen LogP contribution is 2.31. The molecule has 2 rings (SSSR count). The van der Waals surface area contributed by atoms with E-state index in [9.17, 15) is 29.4 Å². The number of likely N-dealkylation sites (N-methyl/N-ethyl adjacent to an activating group) is 2. The number of aliphatic hydroxyl groups is 1. The van der Waals surface area contributed by atoms with Crippen molar-refractivity contribution in [3.8, 4) is 0 Å². The zero-order chi connectivity index (χ0) is 39.3. The molecule has 296 valence electrons. The van der Waals surface area contributed by atoms with E-state index in [-0.39, 0.29) is 48.5 Å². The van der Waals surface area contributed by atoms with Gasteiger partial charge in [0, 0.05) is 46.7 Å². The number of nitrogens with one attached hydrogen (secondary N) is 3. The van der Waals surface area contributed by atoms with Crippen molar-refractivity contribution >= 4 is 23.7 Å². The number of aliphatic carboxylic acids is 1. The number of nitrogens with zero attached hydrogens (tertiary/aromatic N) is 2. The predicted octanol–water partition coefficient (Wildman–Crippen LogP) is 2.90. The Morgan fingerprint density at radius 2 is 1.56 bits per heavy atom. The third kappa shape index (κ3) is 12.0. The van der Waals surface area contributed by atoms with E-state index in [0.29, 0.717) is 13.0 Å². The number of carbonyl (C=O) groups excluding carboxylic acids is 3. The Bertz CT molecular complexity index is 1270. The van der Waals surface area contributed by atoms with Crippen LogP contribution in [-0.2, 0) is 35.1 Å². The van der Waals surface area contributed by atoms with Crippen LogP contribution in [0.15, 0.2) is 30.3 Å². The van der Waals surface area contributed by atoms with Crippen LogP contribution in [0, 0.1) is 23.7 Å². The summed E-state index contributed by atoms with van der Waals surface area (Å²) in [5.74, 6) is -2.88. The third-order valence-electron chi connectivity index (χ3n) is 10.8. The number of hydrogen-bond acceptors (Lipinski definition) is 9. The van der Waals surface area contributed by atoms with Crippen molar-refractivity contribution in [2.24, 2.45) is 23.7 Å². The van der Waals surface area contributed by atoms with Gasteiger partial charge >= 0.3 is 5.97 Å². The van der Waals surface area contributed by atoms with E-state index >= 15 is 0 Å². The number of carboxylic acid groups (broad SMARTS) is 1. The van der Waals surface area contributed by atoms with Crippen LogP contribution in [0.1, 0.15) is 79.7 Å². The molecule has 0 aliphatic carbocycles. The maximum Gasteiger partial charge on any atom is 0.326 e. The average molecular weight is 734 g/mol. The van der Waals surface area contributed by atoms with E-state index in [1.165, 1.54) is 7.11 Å². The average Bonchev–Trinajstić information content (AvgIpc) is 3.59. The maximum atomic E-state index is 14.1. The van der Waals surface area contributed by atoms with E-state index < -0.39 is 60.4 Å². The smallest absolute Gasteiger partial charge is 0.326 e. The molecule has 0 aromatic heterocycles. The highest BCUT2D eigenvalue weighted by Gasteiger charge is 2.43. The van der Waals surface area contributed by atoms with E-state index in [2.05, 4.69) is 16.0 Å². The number of hydrogen-bond donors (Lipinski definition) is 5. The quantitative estimate of drug-likeness (QED) is 0.120. The first-order chi connectivity index (χ1) is 24.5. The Morgan fingerprint density at radius 1 is 0.942 bits per heavy atom. The van der Waals surface area contributed by atoms with E-state index in [1.54, 1.807) is 33.0 Å². The summed E-state index contributed by atoms with van der Waals surface area (Å²) in [6.45, 7) is 14.1. The van der Waals surface area contributed by atoms with Crippen molar-refractivity contribution in [2.75, 3.05) is 34.9 Å². The minimum absolute atomic E-state index is 0.00165. The molecule has 1 saturated heterocycles. The molecular weight excluding hydrogens is 666 g/mol. The van der Waals surface area contributed by atoms with Gasteiger partial charge in [0.1, 0.15) is 18.3 Å². The molecular formula is C39H67N5O8. The molecule has 0 radical (unpaired) electrons. The fourth-order valence-electron chi connectivity index (χ4n) is 7.58. The number of ether oxygens (including phenoxy) is 2. The summed E-state index contributed by atoms with van der Waals surface area (Å²) in [5, 5.41) is 30.4. The monoisotopic (exact) mass is 733 g/mol. The molecule has 1 unspecified atom stereocenters. The molecule has 52 heavy (non-hydrogen) atoms. The molecule has 5 N–H and O–H groups in total. The van der Waals surface area contributed by atoms with Gasteiger partial charge in [0.25, 0.3) is 0 Å². The second-order valence-corrected chi connectivity index (χ2v) is 15.1. The molecule has 0 bridgehead atoms. The Kier molecular flexibility index (Phi) is 18.7. The highest BCUT2D eigenvalue weighted by atomic mass is 16.5. The van der Waals surface area contributed by atoms with Gasteiger partial charge in [-0.3, -0.25) is 19.3 Å². The molecule has 1 heterocycles. The van der Waals surface area contributed by atoms with Gasteiger partial charge in [0.05, 0.1) is 30.2 Å². The number of carbonyl (C=O) groups is 4. The van der Waals surface area contributed by atoms with Crippen LogP contribution in [0.3, 0.4) is 0 Å². The molecule has 1 fully saturated rings. The molecule has 13 nitrogen and oxygen atoms in total. The second kappa shape index (κ2) is 21.6. The molecule has 1 aromatic carbocycles. The Hall–Kier alpha value is -3.10. The van der Waals surface area contributed by atoms with Gasteiger partial charge in [-0.05, 0) is 43.2 Å². The van der Waals surface area contributed by atoms with Crippen molar-refractivity contribution < 1.29 is 38.9 Å². The molecule has 13 heteroatoms. The lowest BCUT2D eigenvalue weighted by Crippen LogP contribution is -2.60. The zero-order valence-electron chi connectivity index (χ0n) is 33.3. The van der Waals surface area contributed by atoms with E-state index in [1.807, 2.05) is 76.8 Å². The van der Waals surface area contributed by atoms with Gasteiger partial charge in [-0.1, -0.05) is 85.2 Å². The van der Waals surface area contributed by atoms with Crippen molar-refractivity contribution in [1.29, 1.82) is 0 Å². The van der Waals surface area contributed by atoms with Crippen LogP contribution in [-0.4, -0.2) is 127 Å². The topological polar surface area (TPSA) is 170 Å². The van der Waals surface area contributed by atoms with Crippen LogP contribution in [0.5, 0.6) is 0 Å². The Morgan fingerprint density at radius 3 is 2.06 bits per heavy atom. The lowest BCUT2D eigenvalue weighted by atomic mass is 9.89. The SMILES string of the molecule is CC[C@H](C)[C@@H]([C@@H](CC(O)N1CCC[C@H]1[C@H](OC)[C@@H](C)C(=O)N[C@@H](Cc1ccccc1)C(=O)O)OC)N(C)C(=O)[C@@H](NC(=O)[C@@H](NC)C(C)C)C(C)C. The van der Waals surface area contributed by atoms with Crippen LogP contribution in [0.2, 0.25) is 0 Å². The normalized spacial score (nSPS) is 20.3. The van der Waals surface area contributed by atoms with Gasteiger partial charge in [-0.2, -0.15) is 0 Å². The van der Waals surface area contributed by atoms with Crippen molar-refractivity contribution in [1.82, 2.24) is 25.8 Å². The summed E-state index contributed by atoms with van der Waals surface area (Å²) in [5.41, 5.74) is 0.796. The lowest BCUT2D eigenvalue weighted by Gasteiger charge is -2.42. The molecule has 1 aliphatic rings. The van der Waals surface area contributed by atoms with Crippen LogP contribution in [0.4, 0.5) is 0 Å². The molecule has 0 spiro atoms. The summed E-state index contributed by atoms with van der Waals surface area (Å²) in [7, 11) is 6.57. The molecule has 3 amide bonds. The summed E-state index contributed by atoms with van der Waals surface area (Å²) in [6.07, 6.45) is 0.360. The summed E-state index contributed by atoms with van der Waals surface area (Å²) in [6, 6.07) is 6.09. The number of carboxylic acids is 1. The maximum absolute atomic E-state index is 14.1. The van der Waals surface area contributed by atoms with Crippen molar-refractivity contribution in [3.05, 3.63) is 35.9 Å². The van der Waals surface area contributed by atoms with Crippen LogP contribution >= 0.6 is 0 Å². The second-order valence-electron chi connectivity index (χ2n) is 15.1. The molecule has 0 saturated carbocycles. The van der Waals surface area contributed by atoms with Crippen molar-refractivity contribution in [3.63, 3.8) is 0 Å². The predicted molar refractivity (Wildman–Crippen MR) is 201 cm³/mol. The van der Waals surface area contributed by atoms with E-state index in [0.717, 1.165) is 18.4 Å². The molecule has 1 aromatic rings. The lowest BCUT2D eigenvalue weighted by molar-refractivity contribution is -0.147. The fraction of sp³-hybridized carbons (Fsp3) is 0.744. The summed E-state index contributed by atoms with van der Waals surface area (Å²) < 4.78 is 11.9. The van der Waals surface area contributed by atoms with Crippen LogP contribution < -0.4 is 16.0 Å². The van der Waals surface area contributed by atoms with Gasteiger partial charge in [0.15, 0.2) is 0 Å². The Balaban J connectivity index is 2.26. The number of benzene rings is 1. The number of rotatable bonds is 22. The number of methoxy groups -OCH3 is 2. The first kappa shape index (κ1) is 45.1. The van der Waals surface area contributed by atoms with E-state index in [4.69, 9.17) is 9.47 Å². The molecule has 1 aliphatic heterocycles. The van der Waals surface area contributed by atoms with Gasteiger partial charge in [0.2, 0.25) is 17.7 Å². The summed E-state index contributed by atoms with van der Waals surface area (Å²) in [4.78, 5) is 56.5. The molecule has 10 atom stereocenters. The summed E-state index contributed by atoms with van der Waals surface area (Å²) >= 11 is 0. The van der Waals surface area contributed by atoms with Gasteiger partial charge < -0.3 is 40.5 Å². The minimum Gasteiger partial charge on any atom is -0.480 e. The largest absolute Gasteiger partial charge is 0.480 e. The zero-order valence-corrected chi connectivity index (χ0v) is 33.3. The number of likely N-dealkylation sites (tertiary alicyclic amines) is 1. The third-order valence-corrected chi connectivity index (χ3v) is 10.8. The van der Waals surface area contributed by atoms with Gasteiger partial charge in [-0.15, -0.1) is 0 Å².